The number of alkyl halides is 1. The fourth-order valence-electron chi connectivity index (χ4n) is 3.46. The fraction of sp³-hybridized carbons (Fsp3) is 0.588. The Morgan fingerprint density at radius 1 is 1.20 bits per heavy atom. The summed E-state index contributed by atoms with van der Waals surface area (Å²) in [5.41, 5.74) is 3.43. The molecule has 2 aliphatic rings. The molecule has 3 rings (SSSR count). The minimum absolute atomic E-state index is 0.113. The Morgan fingerprint density at radius 3 is 2.80 bits per heavy atom. The maximum Gasteiger partial charge on any atom is 0.224 e. The van der Waals surface area contributed by atoms with Crippen LogP contribution in [-0.2, 0) is 11.2 Å². The van der Waals surface area contributed by atoms with Gasteiger partial charge in [0.1, 0.15) is 0 Å². The fourth-order valence-corrected chi connectivity index (χ4v) is 3.85. The van der Waals surface area contributed by atoms with E-state index in [0.29, 0.717) is 6.42 Å². The molecular weight excluding hydrogens is 270 g/mol. The number of carbonyl (C=O) groups excluding carboxylic acids is 1. The topological polar surface area (TPSA) is 29.1 Å². The van der Waals surface area contributed by atoms with Gasteiger partial charge in [0, 0.05) is 12.1 Å². The van der Waals surface area contributed by atoms with Crippen LogP contribution in [0.2, 0.25) is 0 Å². The molecule has 2 nitrogen and oxygen atoms in total. The molecule has 0 radical (unpaired) electrons. The zero-order valence-electron chi connectivity index (χ0n) is 11.8. The van der Waals surface area contributed by atoms with Crippen molar-refractivity contribution in [2.24, 2.45) is 5.92 Å². The Balaban J connectivity index is 1.73. The number of fused-ring (bicyclic) bond motifs is 1. The molecule has 1 N–H and O–H groups in total. The molecule has 1 heterocycles. The summed E-state index contributed by atoms with van der Waals surface area (Å²) >= 11 is 6.61. The third kappa shape index (κ3) is 3.17. The van der Waals surface area contributed by atoms with Gasteiger partial charge in [0.05, 0.1) is 5.38 Å². The average Bonchev–Trinajstić information content (AvgIpc) is 2.85. The molecule has 1 aromatic rings. The van der Waals surface area contributed by atoms with Gasteiger partial charge in [0.15, 0.2) is 0 Å². The van der Waals surface area contributed by atoms with Crippen LogP contribution in [0.25, 0.3) is 0 Å². The van der Waals surface area contributed by atoms with E-state index in [4.69, 9.17) is 11.6 Å². The highest BCUT2D eigenvalue weighted by molar-refractivity contribution is 6.20. The van der Waals surface area contributed by atoms with Crippen molar-refractivity contribution in [1.29, 1.82) is 0 Å². The van der Waals surface area contributed by atoms with Crippen LogP contribution >= 0.6 is 11.6 Å². The normalized spacial score (nSPS) is 21.1. The van der Waals surface area contributed by atoms with Crippen molar-refractivity contribution in [3.63, 3.8) is 0 Å². The summed E-state index contributed by atoms with van der Waals surface area (Å²) in [7, 11) is 0. The average molecular weight is 292 g/mol. The molecule has 1 aliphatic heterocycles. The number of benzene rings is 1. The molecule has 0 saturated heterocycles. The van der Waals surface area contributed by atoms with E-state index in [0.717, 1.165) is 30.9 Å². The molecular formula is C17H22ClNO. The van der Waals surface area contributed by atoms with E-state index in [1.54, 1.807) is 0 Å². The van der Waals surface area contributed by atoms with E-state index < -0.39 is 0 Å². The molecule has 1 atom stereocenters. The molecule has 0 spiro atoms. The van der Waals surface area contributed by atoms with Gasteiger partial charge >= 0.3 is 0 Å². The van der Waals surface area contributed by atoms with Crippen LogP contribution in [0, 0.1) is 5.92 Å². The van der Waals surface area contributed by atoms with Gasteiger partial charge in [-0.3, -0.25) is 4.79 Å². The lowest BCUT2D eigenvalue weighted by Crippen LogP contribution is -2.09. The molecule has 0 aromatic heterocycles. The predicted molar refractivity (Wildman–Crippen MR) is 83.2 cm³/mol. The van der Waals surface area contributed by atoms with Crippen molar-refractivity contribution in [3.8, 4) is 0 Å². The van der Waals surface area contributed by atoms with Crippen molar-refractivity contribution in [2.45, 2.75) is 56.7 Å². The maximum absolute atomic E-state index is 11.6. The number of anilines is 1. The summed E-state index contributed by atoms with van der Waals surface area (Å²) in [6.07, 6.45) is 9.01. The molecule has 20 heavy (non-hydrogen) atoms. The maximum atomic E-state index is 11.6. The SMILES string of the molecule is O=C1CCCc2cc(C(Cl)CC3CCCC3)ccc2N1. The van der Waals surface area contributed by atoms with E-state index in [2.05, 4.69) is 17.4 Å². The Hall–Kier alpha value is -1.02. The molecule has 1 unspecified atom stereocenters. The number of aryl methyl sites for hydroxylation is 1. The van der Waals surface area contributed by atoms with Crippen molar-refractivity contribution in [2.75, 3.05) is 5.32 Å². The summed E-state index contributed by atoms with van der Waals surface area (Å²) in [5.74, 6) is 0.931. The number of rotatable bonds is 3. The summed E-state index contributed by atoms with van der Waals surface area (Å²) in [6.45, 7) is 0. The van der Waals surface area contributed by atoms with Gasteiger partial charge < -0.3 is 5.32 Å². The summed E-state index contributed by atoms with van der Waals surface area (Å²) < 4.78 is 0. The van der Waals surface area contributed by atoms with Crippen LogP contribution in [-0.4, -0.2) is 5.91 Å². The van der Waals surface area contributed by atoms with Gasteiger partial charge in [0.2, 0.25) is 5.91 Å². The van der Waals surface area contributed by atoms with Gasteiger partial charge in [0.25, 0.3) is 0 Å². The number of halogens is 1. The first-order valence-electron chi connectivity index (χ1n) is 7.79. The highest BCUT2D eigenvalue weighted by Crippen LogP contribution is 2.37. The highest BCUT2D eigenvalue weighted by atomic mass is 35.5. The smallest absolute Gasteiger partial charge is 0.224 e. The quantitative estimate of drug-likeness (QED) is 0.795. The van der Waals surface area contributed by atoms with Crippen molar-refractivity contribution in [1.82, 2.24) is 0 Å². The number of amides is 1. The summed E-state index contributed by atoms with van der Waals surface area (Å²) in [5, 5.41) is 3.09. The molecule has 108 valence electrons. The van der Waals surface area contributed by atoms with E-state index in [1.807, 2.05) is 6.07 Å². The lowest BCUT2D eigenvalue weighted by molar-refractivity contribution is -0.116. The van der Waals surface area contributed by atoms with Gasteiger partial charge in [-0.2, -0.15) is 0 Å². The highest BCUT2D eigenvalue weighted by Gasteiger charge is 2.21. The van der Waals surface area contributed by atoms with E-state index in [1.165, 1.54) is 36.8 Å². The molecule has 1 saturated carbocycles. The second kappa shape index (κ2) is 6.17. The minimum Gasteiger partial charge on any atom is -0.326 e. The van der Waals surface area contributed by atoms with Crippen LogP contribution in [0.15, 0.2) is 18.2 Å². The number of nitrogens with one attached hydrogen (secondary N) is 1. The zero-order chi connectivity index (χ0) is 13.9. The largest absolute Gasteiger partial charge is 0.326 e. The van der Waals surface area contributed by atoms with E-state index in [9.17, 15) is 4.79 Å². The Kier molecular flexibility index (Phi) is 4.30. The number of hydrogen-bond donors (Lipinski definition) is 1. The Labute approximate surface area is 125 Å². The molecule has 1 aromatic carbocycles. The number of hydrogen-bond acceptors (Lipinski definition) is 1. The standard InChI is InChI=1S/C17H22ClNO/c18-15(10-12-4-1-2-5-12)13-8-9-16-14(11-13)6-3-7-17(20)19-16/h8-9,11-12,15H,1-7,10H2,(H,19,20). The number of carbonyl (C=O) groups is 1. The molecule has 3 heteroatoms. The Bertz CT molecular complexity index is 494. The van der Waals surface area contributed by atoms with Crippen molar-refractivity contribution in [3.05, 3.63) is 29.3 Å². The van der Waals surface area contributed by atoms with Gasteiger partial charge in [-0.05, 0) is 42.4 Å². The van der Waals surface area contributed by atoms with Crippen molar-refractivity contribution < 1.29 is 4.79 Å². The third-order valence-corrected chi connectivity index (χ3v) is 5.06. The molecule has 0 bridgehead atoms. The lowest BCUT2D eigenvalue weighted by atomic mass is 9.95. The minimum atomic E-state index is 0.113. The van der Waals surface area contributed by atoms with Crippen molar-refractivity contribution >= 4 is 23.2 Å². The second-order valence-electron chi connectivity index (χ2n) is 6.17. The van der Waals surface area contributed by atoms with E-state index in [-0.39, 0.29) is 11.3 Å². The van der Waals surface area contributed by atoms with Crippen LogP contribution in [0.4, 0.5) is 5.69 Å². The molecule has 1 fully saturated rings. The van der Waals surface area contributed by atoms with E-state index >= 15 is 0 Å². The zero-order valence-corrected chi connectivity index (χ0v) is 12.6. The van der Waals surface area contributed by atoms with Gasteiger partial charge in [-0.25, -0.2) is 0 Å². The summed E-state index contributed by atoms with van der Waals surface area (Å²) in [4.78, 5) is 11.6. The van der Waals surface area contributed by atoms with Crippen LogP contribution in [0.3, 0.4) is 0 Å². The first-order chi connectivity index (χ1) is 9.72. The monoisotopic (exact) mass is 291 g/mol. The van der Waals surface area contributed by atoms with Crippen LogP contribution in [0.5, 0.6) is 0 Å². The lowest BCUT2D eigenvalue weighted by Gasteiger charge is -2.17. The van der Waals surface area contributed by atoms with Crippen LogP contribution < -0.4 is 5.32 Å². The third-order valence-electron chi connectivity index (χ3n) is 4.63. The van der Waals surface area contributed by atoms with Crippen LogP contribution in [0.1, 0.15) is 61.4 Å². The first kappa shape index (κ1) is 13.9. The molecule has 1 aliphatic carbocycles. The predicted octanol–water partition coefficient (Wildman–Crippen LogP) is 4.82. The Morgan fingerprint density at radius 2 is 2.00 bits per heavy atom. The van der Waals surface area contributed by atoms with Gasteiger partial charge in [-0.1, -0.05) is 37.8 Å². The van der Waals surface area contributed by atoms with Gasteiger partial charge in [-0.15, -0.1) is 11.6 Å². The first-order valence-corrected chi connectivity index (χ1v) is 8.23. The summed E-state index contributed by atoms with van der Waals surface area (Å²) in [6, 6.07) is 6.31. The second-order valence-corrected chi connectivity index (χ2v) is 6.70. The molecule has 1 amide bonds.